The number of hydrogen-bond donors (Lipinski definition) is 0. The molecular weight excluding hydrogens is 204 g/mol. The molecule has 0 unspecified atom stereocenters. The fraction of sp³-hybridized carbons (Fsp3) is 0.118. The lowest BCUT2D eigenvalue weighted by Crippen LogP contribution is -2.20. The molecule has 2 rings (SSSR count). The molecule has 0 heterocycles. The number of hydrogen-bond acceptors (Lipinski definition) is 0. The highest BCUT2D eigenvalue weighted by atomic mass is 14.3. The molecule has 0 aliphatic heterocycles. The van der Waals surface area contributed by atoms with Crippen LogP contribution in [0, 0.1) is 6.92 Å². The molecule has 0 heteroatoms. The van der Waals surface area contributed by atoms with E-state index in [0.29, 0.717) is 0 Å². The average Bonchev–Trinajstić information content (AvgIpc) is 2.41. The van der Waals surface area contributed by atoms with E-state index in [9.17, 15) is 0 Å². The highest BCUT2D eigenvalue weighted by Gasteiger charge is 2.24. The Hall–Kier alpha value is -1.82. The first-order valence-corrected chi connectivity index (χ1v) is 5.85. The van der Waals surface area contributed by atoms with Crippen molar-refractivity contribution in [2.75, 3.05) is 0 Å². The van der Waals surface area contributed by atoms with Gasteiger partial charge in [0, 0.05) is 5.41 Å². The maximum absolute atomic E-state index is 3.84. The normalized spacial score (nSPS) is 11.9. The van der Waals surface area contributed by atoms with Gasteiger partial charge in [0.1, 0.15) is 0 Å². The lowest BCUT2D eigenvalue weighted by molar-refractivity contribution is 0.724. The Morgan fingerprint density at radius 2 is 1.24 bits per heavy atom. The summed E-state index contributed by atoms with van der Waals surface area (Å²) in [7, 11) is 0. The van der Waals surface area contributed by atoms with Gasteiger partial charge in [-0.1, -0.05) is 72.8 Å². The fourth-order valence-corrected chi connectivity index (χ4v) is 2.16. The van der Waals surface area contributed by atoms with E-state index in [2.05, 4.69) is 68.5 Å². The van der Waals surface area contributed by atoms with E-state index in [1.165, 1.54) is 11.1 Å². The molecule has 85 valence electrons. The first-order chi connectivity index (χ1) is 8.27. The van der Waals surface area contributed by atoms with Gasteiger partial charge in [-0.2, -0.15) is 0 Å². The second kappa shape index (κ2) is 5.01. The van der Waals surface area contributed by atoms with Crippen molar-refractivity contribution >= 4 is 0 Å². The molecule has 0 aliphatic carbocycles. The van der Waals surface area contributed by atoms with Gasteiger partial charge in [0.2, 0.25) is 0 Å². The highest BCUT2D eigenvalue weighted by molar-refractivity contribution is 5.43. The summed E-state index contributed by atoms with van der Waals surface area (Å²) in [6, 6.07) is 21.0. The lowest BCUT2D eigenvalue weighted by Gasteiger charge is -2.27. The summed E-state index contributed by atoms with van der Waals surface area (Å²) in [5, 5.41) is 0. The zero-order chi connectivity index (χ0) is 12.1. The van der Waals surface area contributed by atoms with Crippen molar-refractivity contribution in [2.45, 2.75) is 12.3 Å². The Labute approximate surface area is 104 Å². The summed E-state index contributed by atoms with van der Waals surface area (Å²) in [5.74, 6) is 0. The van der Waals surface area contributed by atoms with Crippen LogP contribution in [0.15, 0.2) is 72.8 Å². The van der Waals surface area contributed by atoms with Crippen molar-refractivity contribution in [3.8, 4) is 0 Å². The van der Waals surface area contributed by atoms with Crippen LogP contribution >= 0.6 is 0 Å². The van der Waals surface area contributed by atoms with Gasteiger partial charge in [-0.25, -0.2) is 0 Å². The topological polar surface area (TPSA) is 0 Å². The summed E-state index contributed by atoms with van der Waals surface area (Å²) < 4.78 is 0. The molecule has 1 radical (unpaired) electrons. The van der Waals surface area contributed by atoms with E-state index in [-0.39, 0.29) is 5.41 Å². The van der Waals surface area contributed by atoms with Crippen molar-refractivity contribution in [1.82, 2.24) is 0 Å². The molecule has 0 saturated carbocycles. The molecule has 0 aromatic heterocycles. The Kier molecular flexibility index (Phi) is 3.43. The third kappa shape index (κ3) is 2.31. The number of benzene rings is 2. The third-order valence-electron chi connectivity index (χ3n) is 3.20. The Bertz CT molecular complexity index is 440. The monoisotopic (exact) mass is 221 g/mol. The van der Waals surface area contributed by atoms with Crippen LogP contribution in [0.2, 0.25) is 0 Å². The minimum atomic E-state index is -0.107. The lowest BCUT2D eigenvalue weighted by atomic mass is 9.76. The van der Waals surface area contributed by atoms with Crippen LogP contribution in [-0.4, -0.2) is 0 Å². The predicted octanol–water partition coefficient (Wildman–Crippen LogP) is 4.38. The number of rotatable bonds is 3. The van der Waals surface area contributed by atoms with Crippen LogP contribution in [-0.2, 0) is 5.41 Å². The van der Waals surface area contributed by atoms with Gasteiger partial charge >= 0.3 is 0 Å². The van der Waals surface area contributed by atoms with Gasteiger partial charge in [-0.15, -0.1) is 0 Å². The van der Waals surface area contributed by atoms with Crippen molar-refractivity contribution < 1.29 is 0 Å². The van der Waals surface area contributed by atoms with Crippen molar-refractivity contribution in [2.24, 2.45) is 0 Å². The average molecular weight is 221 g/mol. The van der Waals surface area contributed by atoms with E-state index in [1.807, 2.05) is 18.2 Å². The molecule has 0 saturated heterocycles. The Morgan fingerprint density at radius 3 is 1.59 bits per heavy atom. The third-order valence-corrected chi connectivity index (χ3v) is 3.20. The smallest absolute Gasteiger partial charge is 0.0353 e. The van der Waals surface area contributed by atoms with E-state index in [4.69, 9.17) is 0 Å². The van der Waals surface area contributed by atoms with Crippen molar-refractivity contribution in [1.29, 1.82) is 0 Å². The van der Waals surface area contributed by atoms with E-state index in [1.54, 1.807) is 0 Å². The summed E-state index contributed by atoms with van der Waals surface area (Å²) in [4.78, 5) is 0. The molecule has 0 N–H and O–H groups in total. The van der Waals surface area contributed by atoms with Gasteiger partial charge in [0.15, 0.2) is 0 Å². The highest BCUT2D eigenvalue weighted by Crippen LogP contribution is 2.33. The molecule has 0 atom stereocenters. The van der Waals surface area contributed by atoms with Crippen LogP contribution in [0.3, 0.4) is 0 Å². The van der Waals surface area contributed by atoms with Crippen molar-refractivity contribution in [3.05, 3.63) is 90.9 Å². The maximum atomic E-state index is 3.84. The minimum Gasteiger partial charge on any atom is -0.0870 e. The summed E-state index contributed by atoms with van der Waals surface area (Å²) >= 11 is 0. The van der Waals surface area contributed by atoms with Crippen LogP contribution < -0.4 is 0 Å². The molecule has 0 aliphatic rings. The molecule has 0 amide bonds. The second-order valence-corrected chi connectivity index (χ2v) is 4.34. The van der Waals surface area contributed by atoms with Crippen LogP contribution in [0.5, 0.6) is 0 Å². The molecule has 0 nitrogen and oxygen atoms in total. The predicted molar refractivity (Wildman–Crippen MR) is 73.8 cm³/mol. The van der Waals surface area contributed by atoms with Crippen LogP contribution in [0.4, 0.5) is 0 Å². The first kappa shape index (κ1) is 11.7. The SMILES string of the molecule is [CH2]C=CC(C)(c1ccccc1)c1ccccc1. The zero-order valence-electron chi connectivity index (χ0n) is 10.1. The summed E-state index contributed by atoms with van der Waals surface area (Å²) in [6.45, 7) is 6.06. The molecular formula is C17H17. The van der Waals surface area contributed by atoms with E-state index < -0.39 is 0 Å². The molecule has 0 spiro atoms. The molecule has 0 fully saturated rings. The van der Waals surface area contributed by atoms with Gasteiger partial charge < -0.3 is 0 Å². The van der Waals surface area contributed by atoms with Gasteiger partial charge in [-0.05, 0) is 25.0 Å². The fourth-order valence-electron chi connectivity index (χ4n) is 2.16. The largest absolute Gasteiger partial charge is 0.0870 e. The van der Waals surface area contributed by atoms with E-state index in [0.717, 1.165) is 0 Å². The molecule has 2 aromatic carbocycles. The van der Waals surface area contributed by atoms with Gasteiger partial charge in [0.05, 0.1) is 0 Å². The summed E-state index contributed by atoms with van der Waals surface area (Å²) in [6.07, 6.45) is 4.03. The molecule has 2 aromatic rings. The zero-order valence-corrected chi connectivity index (χ0v) is 10.1. The van der Waals surface area contributed by atoms with Crippen LogP contribution in [0.25, 0.3) is 0 Å². The van der Waals surface area contributed by atoms with Gasteiger partial charge in [0.25, 0.3) is 0 Å². The maximum Gasteiger partial charge on any atom is 0.0353 e. The quantitative estimate of drug-likeness (QED) is 0.721. The first-order valence-electron chi connectivity index (χ1n) is 5.85. The van der Waals surface area contributed by atoms with E-state index >= 15 is 0 Å². The Morgan fingerprint density at radius 1 is 0.824 bits per heavy atom. The molecule has 0 bridgehead atoms. The standard InChI is InChI=1S/C17H17/c1-3-14-17(2,15-10-6-4-7-11-15)16-12-8-5-9-13-16/h3-14H,1H2,2H3. The minimum absolute atomic E-state index is 0.107. The van der Waals surface area contributed by atoms with Gasteiger partial charge in [-0.3, -0.25) is 0 Å². The van der Waals surface area contributed by atoms with Crippen LogP contribution in [0.1, 0.15) is 18.1 Å². The summed E-state index contributed by atoms with van der Waals surface area (Å²) in [5.41, 5.74) is 2.46. The van der Waals surface area contributed by atoms with Crippen molar-refractivity contribution in [3.63, 3.8) is 0 Å². The Balaban J connectivity index is 2.55. The molecule has 17 heavy (non-hydrogen) atoms. The second-order valence-electron chi connectivity index (χ2n) is 4.34. The number of allylic oxidation sites excluding steroid dienone is 2.